The SMILES string of the molecule is CC(C)(CNC(=O)c1ccc(NN)nn1)S(C)(=O)=O. The average Bonchev–Trinajstić information content (AvgIpc) is 2.35. The standard InChI is InChI=1S/C10H17N5O3S/c1-10(2,19(3,17)18)6-12-9(16)7-4-5-8(13-11)15-14-7/h4-5H,6,11H2,1-3H3,(H,12,16)(H,13,15). The van der Waals surface area contributed by atoms with Crippen LogP contribution in [-0.2, 0) is 9.84 Å². The highest BCUT2D eigenvalue weighted by Gasteiger charge is 2.30. The summed E-state index contributed by atoms with van der Waals surface area (Å²) >= 11 is 0. The Balaban J connectivity index is 2.70. The zero-order valence-electron chi connectivity index (χ0n) is 11.0. The van der Waals surface area contributed by atoms with Crippen LogP contribution in [0.3, 0.4) is 0 Å². The first-order valence-electron chi connectivity index (χ1n) is 5.45. The first-order valence-corrected chi connectivity index (χ1v) is 7.34. The van der Waals surface area contributed by atoms with Crippen molar-refractivity contribution in [2.45, 2.75) is 18.6 Å². The van der Waals surface area contributed by atoms with Gasteiger partial charge in [0.1, 0.15) is 0 Å². The van der Waals surface area contributed by atoms with Gasteiger partial charge in [0.25, 0.3) is 5.91 Å². The predicted octanol–water partition coefficient (Wildman–Crippen LogP) is -0.685. The number of hydrogen-bond acceptors (Lipinski definition) is 7. The van der Waals surface area contributed by atoms with Crippen LogP contribution in [0.25, 0.3) is 0 Å². The quantitative estimate of drug-likeness (QED) is 0.483. The molecular weight excluding hydrogens is 270 g/mol. The minimum atomic E-state index is -3.27. The van der Waals surface area contributed by atoms with Gasteiger partial charge in [-0.05, 0) is 26.0 Å². The highest BCUT2D eigenvalue weighted by Crippen LogP contribution is 2.13. The Bertz CT molecular complexity index is 553. The molecule has 0 unspecified atom stereocenters. The van der Waals surface area contributed by atoms with Gasteiger partial charge in [0.2, 0.25) is 0 Å². The Kier molecular flexibility index (Phi) is 4.43. The molecule has 1 rings (SSSR count). The monoisotopic (exact) mass is 287 g/mol. The number of nitrogen functional groups attached to an aromatic ring is 1. The maximum atomic E-state index is 11.8. The Hall–Kier alpha value is -1.74. The van der Waals surface area contributed by atoms with E-state index in [0.29, 0.717) is 5.82 Å². The fraction of sp³-hybridized carbons (Fsp3) is 0.500. The summed E-state index contributed by atoms with van der Waals surface area (Å²) in [5.41, 5.74) is 2.37. The Morgan fingerprint density at radius 1 is 1.37 bits per heavy atom. The molecule has 9 heteroatoms. The Morgan fingerprint density at radius 2 is 2.00 bits per heavy atom. The summed E-state index contributed by atoms with van der Waals surface area (Å²) in [7, 11) is -3.27. The summed E-state index contributed by atoms with van der Waals surface area (Å²) in [6, 6.07) is 2.93. The number of carbonyl (C=O) groups excluding carboxylic acids is 1. The van der Waals surface area contributed by atoms with Gasteiger partial charge >= 0.3 is 0 Å². The highest BCUT2D eigenvalue weighted by atomic mass is 32.2. The number of hydrazine groups is 1. The van der Waals surface area contributed by atoms with E-state index in [1.807, 2.05) is 0 Å². The number of carbonyl (C=O) groups is 1. The van der Waals surface area contributed by atoms with Crippen LogP contribution >= 0.6 is 0 Å². The van der Waals surface area contributed by atoms with E-state index in [2.05, 4.69) is 20.9 Å². The third-order valence-corrected chi connectivity index (χ3v) is 4.88. The van der Waals surface area contributed by atoms with Crippen LogP contribution in [0.1, 0.15) is 24.3 Å². The minimum absolute atomic E-state index is 0.0107. The van der Waals surface area contributed by atoms with Gasteiger partial charge in [0.15, 0.2) is 21.3 Å². The first kappa shape index (κ1) is 15.3. The lowest BCUT2D eigenvalue weighted by atomic mass is 10.2. The summed E-state index contributed by atoms with van der Waals surface area (Å²) < 4.78 is 21.9. The predicted molar refractivity (Wildman–Crippen MR) is 71.1 cm³/mol. The maximum Gasteiger partial charge on any atom is 0.271 e. The van der Waals surface area contributed by atoms with E-state index in [-0.39, 0.29) is 12.2 Å². The first-order chi connectivity index (χ1) is 8.67. The molecule has 19 heavy (non-hydrogen) atoms. The summed E-state index contributed by atoms with van der Waals surface area (Å²) in [5, 5.41) is 9.82. The van der Waals surface area contributed by atoms with E-state index in [4.69, 9.17) is 5.84 Å². The van der Waals surface area contributed by atoms with E-state index in [1.54, 1.807) is 0 Å². The van der Waals surface area contributed by atoms with Gasteiger partial charge in [-0.3, -0.25) is 4.79 Å². The topological polar surface area (TPSA) is 127 Å². The molecule has 0 saturated heterocycles. The van der Waals surface area contributed by atoms with E-state index >= 15 is 0 Å². The van der Waals surface area contributed by atoms with Gasteiger partial charge in [-0.2, -0.15) is 0 Å². The van der Waals surface area contributed by atoms with Crippen LogP contribution in [0.4, 0.5) is 5.82 Å². The third kappa shape index (κ3) is 3.86. The normalized spacial score (nSPS) is 12.0. The van der Waals surface area contributed by atoms with Crippen LogP contribution in [0.5, 0.6) is 0 Å². The molecule has 0 aliphatic carbocycles. The molecule has 0 fully saturated rings. The fourth-order valence-electron chi connectivity index (χ4n) is 1.05. The largest absolute Gasteiger partial charge is 0.349 e. The number of amides is 1. The van der Waals surface area contributed by atoms with Crippen LogP contribution in [-0.4, -0.2) is 42.1 Å². The number of sulfone groups is 1. The Labute approximate surface area is 111 Å². The molecule has 1 amide bonds. The van der Waals surface area contributed by atoms with Gasteiger partial charge in [0.05, 0.1) is 4.75 Å². The number of anilines is 1. The molecule has 0 radical (unpaired) electrons. The van der Waals surface area contributed by atoms with Gasteiger partial charge in [-0.15, -0.1) is 10.2 Å². The van der Waals surface area contributed by atoms with Crippen molar-refractivity contribution in [3.63, 3.8) is 0 Å². The lowest BCUT2D eigenvalue weighted by molar-refractivity contribution is 0.0944. The third-order valence-electron chi connectivity index (χ3n) is 2.72. The molecule has 0 aliphatic rings. The average molecular weight is 287 g/mol. The molecule has 1 aromatic heterocycles. The molecular formula is C10H17N5O3S. The minimum Gasteiger partial charge on any atom is -0.349 e. The molecule has 0 atom stereocenters. The maximum absolute atomic E-state index is 11.8. The Morgan fingerprint density at radius 3 is 2.42 bits per heavy atom. The molecule has 1 heterocycles. The van der Waals surface area contributed by atoms with Gasteiger partial charge < -0.3 is 10.7 Å². The smallest absolute Gasteiger partial charge is 0.271 e. The number of nitrogens with two attached hydrogens (primary N) is 1. The molecule has 0 aromatic carbocycles. The second kappa shape index (κ2) is 5.49. The number of aromatic nitrogens is 2. The van der Waals surface area contributed by atoms with Gasteiger partial charge in [0, 0.05) is 12.8 Å². The van der Waals surface area contributed by atoms with Crippen molar-refractivity contribution in [1.29, 1.82) is 0 Å². The zero-order chi connectivity index (χ0) is 14.7. The molecule has 8 nitrogen and oxygen atoms in total. The van der Waals surface area contributed by atoms with Crippen LogP contribution in [0, 0.1) is 0 Å². The van der Waals surface area contributed by atoms with Crippen molar-refractivity contribution in [2.75, 3.05) is 18.2 Å². The summed E-state index contributed by atoms with van der Waals surface area (Å²) in [6.07, 6.45) is 1.13. The van der Waals surface area contributed by atoms with Crippen molar-refractivity contribution < 1.29 is 13.2 Å². The van der Waals surface area contributed by atoms with Gasteiger partial charge in [-0.1, -0.05) is 0 Å². The van der Waals surface area contributed by atoms with Crippen molar-refractivity contribution >= 4 is 21.6 Å². The molecule has 0 spiro atoms. The van der Waals surface area contributed by atoms with E-state index in [9.17, 15) is 13.2 Å². The van der Waals surface area contributed by atoms with Crippen LogP contribution < -0.4 is 16.6 Å². The summed E-state index contributed by atoms with van der Waals surface area (Å²) in [6.45, 7) is 3.06. The van der Waals surface area contributed by atoms with E-state index in [0.717, 1.165) is 6.26 Å². The zero-order valence-corrected chi connectivity index (χ0v) is 11.8. The molecule has 0 bridgehead atoms. The second-order valence-corrected chi connectivity index (χ2v) is 7.31. The number of hydrogen-bond donors (Lipinski definition) is 3. The van der Waals surface area contributed by atoms with Crippen LogP contribution in [0.2, 0.25) is 0 Å². The summed E-state index contributed by atoms with van der Waals surface area (Å²) in [5.74, 6) is 4.95. The van der Waals surface area contributed by atoms with Crippen LogP contribution in [0.15, 0.2) is 12.1 Å². The lowest BCUT2D eigenvalue weighted by Crippen LogP contribution is -2.44. The molecule has 4 N–H and O–H groups in total. The van der Waals surface area contributed by atoms with E-state index in [1.165, 1.54) is 26.0 Å². The van der Waals surface area contributed by atoms with Crippen molar-refractivity contribution in [3.05, 3.63) is 17.8 Å². The number of nitrogens with zero attached hydrogens (tertiary/aromatic N) is 2. The van der Waals surface area contributed by atoms with Crippen molar-refractivity contribution in [3.8, 4) is 0 Å². The molecule has 0 aliphatic heterocycles. The van der Waals surface area contributed by atoms with Crippen molar-refractivity contribution in [1.82, 2.24) is 15.5 Å². The number of rotatable bonds is 5. The molecule has 106 valence electrons. The van der Waals surface area contributed by atoms with Crippen molar-refractivity contribution in [2.24, 2.45) is 5.84 Å². The van der Waals surface area contributed by atoms with E-state index < -0.39 is 20.5 Å². The lowest BCUT2D eigenvalue weighted by Gasteiger charge is -2.22. The second-order valence-electron chi connectivity index (χ2n) is 4.66. The van der Waals surface area contributed by atoms with Gasteiger partial charge in [-0.25, -0.2) is 14.3 Å². The highest BCUT2D eigenvalue weighted by molar-refractivity contribution is 7.92. The number of nitrogens with one attached hydrogen (secondary N) is 2. The fourth-order valence-corrected chi connectivity index (χ4v) is 1.38. The molecule has 0 saturated carbocycles. The molecule has 1 aromatic rings. The summed E-state index contributed by atoms with van der Waals surface area (Å²) in [4.78, 5) is 11.8.